The summed E-state index contributed by atoms with van der Waals surface area (Å²) in [7, 11) is 0. The van der Waals surface area contributed by atoms with Gasteiger partial charge in [0.15, 0.2) is 0 Å². The topological polar surface area (TPSA) is 234 Å². The Bertz CT molecular complexity index is 896. The van der Waals surface area contributed by atoms with Crippen molar-refractivity contribution >= 4 is 123 Å². The van der Waals surface area contributed by atoms with E-state index in [1.807, 2.05) is 0 Å². The molecule has 0 saturated heterocycles. The van der Waals surface area contributed by atoms with E-state index in [2.05, 4.69) is 0 Å². The average Bonchev–Trinajstić information content (AvgIpc) is 2.94. The van der Waals surface area contributed by atoms with Crippen LogP contribution in [-0.2, 0) is 66.7 Å². The molecule has 276 valence electrons. The molecule has 0 aromatic heterocycles. The Kier molecular flexibility index (Phi) is 55.0. The van der Waals surface area contributed by atoms with E-state index < -0.39 is 35.8 Å². The van der Waals surface area contributed by atoms with E-state index in [-0.39, 0.29) is 206 Å². The van der Waals surface area contributed by atoms with Gasteiger partial charge in [0.1, 0.15) is 0 Å². The van der Waals surface area contributed by atoms with Crippen molar-refractivity contribution in [1.29, 1.82) is 0 Å². The molecule has 0 aliphatic carbocycles. The summed E-state index contributed by atoms with van der Waals surface area (Å²) >= 11 is 28.9. The molecule has 0 aromatic carbocycles. The van der Waals surface area contributed by atoms with Crippen LogP contribution in [-0.4, -0.2) is 133 Å². The first-order valence-corrected chi connectivity index (χ1v) is 16.9. The van der Waals surface area contributed by atoms with Crippen molar-refractivity contribution in [2.75, 3.05) is 39.3 Å². The number of thiocarbonyl (C=S) groups is 3. The Hall–Kier alpha value is 2.06. The molecule has 0 atom stereocenters. The summed E-state index contributed by atoms with van der Waals surface area (Å²) < 4.78 is 0.780. The maximum absolute atomic E-state index is 10.3. The maximum atomic E-state index is 10.3. The molecule has 0 saturated carbocycles. The molecule has 15 nitrogen and oxygen atoms in total. The Morgan fingerprint density at radius 2 is 0.471 bits per heavy atom. The van der Waals surface area contributed by atoms with Crippen LogP contribution in [0.25, 0.3) is 0 Å². The number of carboxylic acid groups (broad SMARTS) is 6. The van der Waals surface area contributed by atoms with E-state index in [1.165, 1.54) is 0 Å². The van der Waals surface area contributed by atoms with E-state index in [0.29, 0.717) is 77.8 Å². The fourth-order valence-electron chi connectivity index (χ4n) is 3.41. The Balaban J connectivity index is -0.000000145. The smallest absolute Gasteiger partial charge is 0.481 e. The molecule has 6 N–H and O–H groups in total. The number of carbonyl (C=O) groups is 6. The fourth-order valence-corrected chi connectivity index (χ4v) is 4.51. The van der Waals surface area contributed by atoms with Gasteiger partial charge in [-0.05, 0) is 38.5 Å². The summed E-state index contributed by atoms with van der Waals surface area (Å²) in [6, 6.07) is 0. The quantitative estimate of drug-likeness (QED) is 0.0300. The zero-order valence-corrected chi connectivity index (χ0v) is 43.4. The predicted molar refractivity (Wildman–Crippen MR) is 196 cm³/mol. The molecule has 0 heterocycles. The first-order valence-electron chi connectivity index (χ1n) is 14.5. The second kappa shape index (κ2) is 43.2. The van der Waals surface area contributed by atoms with Crippen LogP contribution >= 0.6 is 36.7 Å². The molecular formula is C27H42K3N3O12S6. The summed E-state index contributed by atoms with van der Waals surface area (Å²) in [5.74, 6) is -5.16. The second-order valence-corrected chi connectivity index (χ2v) is 12.8. The molecule has 51 heavy (non-hydrogen) atoms. The average molecular weight is 910 g/mol. The molecule has 0 aromatic rings. The van der Waals surface area contributed by atoms with Crippen LogP contribution in [0.4, 0.5) is 0 Å². The largest absolute Gasteiger partial charge is 1.00 e. The van der Waals surface area contributed by atoms with Crippen molar-refractivity contribution in [2.24, 2.45) is 0 Å². The van der Waals surface area contributed by atoms with Gasteiger partial charge >= 0.3 is 190 Å². The minimum Gasteiger partial charge on any atom is -0.481 e. The Morgan fingerprint density at radius 3 is 0.549 bits per heavy atom. The number of hydrogen-bond acceptors (Lipinski definition) is 12. The Labute approximate surface area is 459 Å². The van der Waals surface area contributed by atoms with Crippen molar-refractivity contribution < 1.29 is 214 Å². The second-order valence-electron chi connectivity index (χ2n) is 9.74. The van der Waals surface area contributed by atoms with Gasteiger partial charge in [-0.2, -0.15) is 0 Å². The fraction of sp³-hybridized carbons (Fsp3) is 0.667. The van der Waals surface area contributed by atoms with Crippen LogP contribution in [0.5, 0.6) is 0 Å². The SMILES string of the molecule is O=C(O)CCCN(CCCC(=O)O)C(=S)[S-].O=C(O)CCCN(CCCC(=O)O)C(=S)[S-].O=C(O)CCCN(CCCC(=O)O)C(=S)[S-].[K+].[K+].[K+]. The molecule has 0 spiro atoms. The van der Waals surface area contributed by atoms with E-state index in [0.717, 1.165) is 0 Å². The van der Waals surface area contributed by atoms with Crippen molar-refractivity contribution in [3.63, 3.8) is 0 Å². The molecule has 0 amide bonds. The monoisotopic (exact) mass is 909 g/mol. The summed E-state index contributed by atoms with van der Waals surface area (Å²) in [5, 5.41) is 50.8. The van der Waals surface area contributed by atoms with E-state index in [9.17, 15) is 28.8 Å². The van der Waals surface area contributed by atoms with Gasteiger partial charge in [-0.15, -0.1) is 0 Å². The van der Waals surface area contributed by atoms with Gasteiger partial charge in [0.25, 0.3) is 0 Å². The van der Waals surface area contributed by atoms with E-state index in [4.69, 9.17) is 105 Å². The van der Waals surface area contributed by atoms with Crippen LogP contribution in [0.3, 0.4) is 0 Å². The minimum absolute atomic E-state index is 0. The number of hydrogen-bond donors (Lipinski definition) is 6. The zero-order chi connectivity index (χ0) is 37.7. The summed E-state index contributed by atoms with van der Waals surface area (Å²) in [6.45, 7) is 2.80. The van der Waals surface area contributed by atoms with Crippen molar-refractivity contribution in [1.82, 2.24) is 14.7 Å². The zero-order valence-electron chi connectivity index (χ0n) is 29.2. The summed E-state index contributed by atoms with van der Waals surface area (Å²) in [4.78, 5) is 66.8. The first-order chi connectivity index (χ1) is 22.3. The standard InChI is InChI=1S/3C9H15NO4S2.3K/c3*11-7(12)3-1-5-10(9(15)16)6-2-4-8(13)14;;;/h3*1-6H2,(H,11,12)(H,13,14)(H,15,16);;;/q;;;3*+1/p-3. The third-order valence-corrected chi connectivity index (χ3v) is 7.24. The first kappa shape index (κ1) is 64.9. The molecule has 0 unspecified atom stereocenters. The van der Waals surface area contributed by atoms with E-state index >= 15 is 0 Å². The molecule has 24 heteroatoms. The molecule has 0 aliphatic heterocycles. The Morgan fingerprint density at radius 1 is 0.353 bits per heavy atom. The number of rotatable bonds is 24. The third kappa shape index (κ3) is 52.1. The summed E-state index contributed by atoms with van der Waals surface area (Å²) in [6.07, 6.45) is 3.12. The van der Waals surface area contributed by atoms with Crippen LogP contribution in [0.2, 0.25) is 0 Å². The van der Waals surface area contributed by atoms with Gasteiger partial charge in [-0.25, -0.2) is 0 Å². The van der Waals surface area contributed by atoms with Gasteiger partial charge in [0, 0.05) is 77.8 Å². The third-order valence-electron chi connectivity index (χ3n) is 5.69. The minimum atomic E-state index is -0.860. The number of nitrogens with zero attached hydrogens (tertiary/aromatic N) is 3. The normalized spacial score (nSPS) is 9.18. The van der Waals surface area contributed by atoms with Gasteiger partial charge in [-0.1, -0.05) is 13.0 Å². The molecule has 0 radical (unpaired) electrons. The van der Waals surface area contributed by atoms with Crippen LogP contribution in [0.1, 0.15) is 77.0 Å². The molecular weight excluding hydrogens is 868 g/mol. The van der Waals surface area contributed by atoms with Crippen molar-refractivity contribution in [2.45, 2.75) is 77.0 Å². The number of carboxylic acids is 6. The van der Waals surface area contributed by atoms with Gasteiger partial charge in [0.2, 0.25) is 0 Å². The van der Waals surface area contributed by atoms with Gasteiger partial charge in [-0.3, -0.25) is 28.8 Å². The van der Waals surface area contributed by atoms with Crippen LogP contribution < -0.4 is 154 Å². The molecule has 0 rings (SSSR count). The summed E-state index contributed by atoms with van der Waals surface area (Å²) in [5.41, 5.74) is 0. The van der Waals surface area contributed by atoms with E-state index in [1.54, 1.807) is 14.7 Å². The number of aliphatic carboxylic acids is 6. The van der Waals surface area contributed by atoms with Crippen molar-refractivity contribution in [3.05, 3.63) is 0 Å². The van der Waals surface area contributed by atoms with Crippen LogP contribution in [0, 0.1) is 0 Å². The molecule has 0 aliphatic rings. The van der Waals surface area contributed by atoms with Crippen LogP contribution in [0.15, 0.2) is 0 Å². The van der Waals surface area contributed by atoms with Gasteiger partial charge < -0.3 is 120 Å². The maximum Gasteiger partial charge on any atom is 1.00 e. The predicted octanol–water partition coefficient (Wildman–Crippen LogP) is -6.44. The van der Waals surface area contributed by atoms with Crippen molar-refractivity contribution in [3.8, 4) is 0 Å². The molecule has 0 fully saturated rings. The van der Waals surface area contributed by atoms with Gasteiger partial charge in [0.05, 0.1) is 0 Å². The molecule has 0 bridgehead atoms.